The zero-order valence-corrected chi connectivity index (χ0v) is 13.5. The molecular formula is C16H22BrNO. The minimum Gasteiger partial charge on any atom is -0.342 e. The lowest BCUT2D eigenvalue weighted by molar-refractivity contribution is -0.140. The number of carbonyl (C=O) groups excluding carboxylic acids is 1. The van der Waals surface area contributed by atoms with Crippen LogP contribution in [0.3, 0.4) is 0 Å². The van der Waals surface area contributed by atoms with E-state index in [2.05, 4.69) is 40.2 Å². The molecule has 1 aromatic carbocycles. The molecule has 0 radical (unpaired) electrons. The van der Waals surface area contributed by atoms with Gasteiger partial charge in [0.1, 0.15) is 0 Å². The molecule has 3 heteroatoms. The van der Waals surface area contributed by atoms with Gasteiger partial charge in [0.15, 0.2) is 0 Å². The summed E-state index contributed by atoms with van der Waals surface area (Å²) in [6.45, 7) is 7.76. The van der Waals surface area contributed by atoms with E-state index in [0.717, 1.165) is 24.0 Å². The second-order valence-electron chi connectivity index (χ2n) is 6.39. The van der Waals surface area contributed by atoms with Crippen molar-refractivity contribution in [3.63, 3.8) is 0 Å². The summed E-state index contributed by atoms with van der Waals surface area (Å²) in [5, 5.41) is 0. The van der Waals surface area contributed by atoms with Crippen LogP contribution < -0.4 is 0 Å². The predicted molar refractivity (Wildman–Crippen MR) is 82.2 cm³/mol. The SMILES string of the molecule is CC(C)(C)C(=O)N1CCCC(c2ccc(Br)cc2)C1. The molecule has 1 unspecified atom stereocenters. The molecular weight excluding hydrogens is 302 g/mol. The van der Waals surface area contributed by atoms with Gasteiger partial charge in [0.25, 0.3) is 0 Å². The Bertz CT molecular complexity index is 447. The van der Waals surface area contributed by atoms with E-state index in [1.54, 1.807) is 0 Å². The molecule has 1 fully saturated rings. The molecule has 1 aliphatic rings. The summed E-state index contributed by atoms with van der Waals surface area (Å²) < 4.78 is 1.11. The number of hydrogen-bond donors (Lipinski definition) is 0. The molecule has 1 heterocycles. The van der Waals surface area contributed by atoms with Crippen LogP contribution in [0, 0.1) is 5.41 Å². The van der Waals surface area contributed by atoms with E-state index < -0.39 is 0 Å². The average molecular weight is 324 g/mol. The Morgan fingerprint density at radius 3 is 2.47 bits per heavy atom. The fraction of sp³-hybridized carbons (Fsp3) is 0.562. The van der Waals surface area contributed by atoms with E-state index in [-0.39, 0.29) is 11.3 Å². The lowest BCUT2D eigenvalue weighted by Gasteiger charge is -2.36. The quantitative estimate of drug-likeness (QED) is 0.758. The van der Waals surface area contributed by atoms with Gasteiger partial charge in [-0.1, -0.05) is 48.8 Å². The summed E-state index contributed by atoms with van der Waals surface area (Å²) in [6.07, 6.45) is 2.28. The molecule has 0 aliphatic carbocycles. The highest BCUT2D eigenvalue weighted by atomic mass is 79.9. The van der Waals surface area contributed by atoms with Crippen LogP contribution in [0.5, 0.6) is 0 Å². The Labute approximate surface area is 124 Å². The molecule has 1 saturated heterocycles. The van der Waals surface area contributed by atoms with Crippen molar-refractivity contribution >= 4 is 21.8 Å². The molecule has 2 nitrogen and oxygen atoms in total. The second kappa shape index (κ2) is 5.66. The number of benzene rings is 1. The van der Waals surface area contributed by atoms with Crippen LogP contribution in [0.2, 0.25) is 0 Å². The molecule has 19 heavy (non-hydrogen) atoms. The lowest BCUT2D eigenvalue weighted by Crippen LogP contribution is -2.44. The van der Waals surface area contributed by atoms with Gasteiger partial charge in [-0.15, -0.1) is 0 Å². The van der Waals surface area contributed by atoms with E-state index in [1.807, 2.05) is 25.7 Å². The number of rotatable bonds is 1. The van der Waals surface area contributed by atoms with Gasteiger partial charge in [-0.2, -0.15) is 0 Å². The van der Waals surface area contributed by atoms with Crippen molar-refractivity contribution in [3.05, 3.63) is 34.3 Å². The summed E-state index contributed by atoms with van der Waals surface area (Å²) >= 11 is 3.47. The third-order valence-corrected chi connectivity index (χ3v) is 4.22. The zero-order chi connectivity index (χ0) is 14.0. The van der Waals surface area contributed by atoms with Gasteiger partial charge in [-0.3, -0.25) is 4.79 Å². The summed E-state index contributed by atoms with van der Waals surface area (Å²) in [6, 6.07) is 8.50. The second-order valence-corrected chi connectivity index (χ2v) is 7.31. The Hall–Kier alpha value is -0.830. The van der Waals surface area contributed by atoms with Crippen molar-refractivity contribution in [2.24, 2.45) is 5.41 Å². The van der Waals surface area contributed by atoms with Crippen molar-refractivity contribution in [1.29, 1.82) is 0 Å². The number of hydrogen-bond acceptors (Lipinski definition) is 1. The Morgan fingerprint density at radius 2 is 1.89 bits per heavy atom. The van der Waals surface area contributed by atoms with Gasteiger partial charge in [0, 0.05) is 28.9 Å². The summed E-state index contributed by atoms with van der Waals surface area (Å²) in [5.74, 6) is 0.752. The van der Waals surface area contributed by atoms with Crippen LogP contribution in [0.4, 0.5) is 0 Å². The van der Waals surface area contributed by atoms with Crippen LogP contribution in [-0.4, -0.2) is 23.9 Å². The minimum atomic E-state index is -0.276. The highest BCUT2D eigenvalue weighted by molar-refractivity contribution is 9.10. The first kappa shape index (κ1) is 14.6. The first-order valence-electron chi connectivity index (χ1n) is 6.93. The first-order chi connectivity index (χ1) is 8.88. The van der Waals surface area contributed by atoms with Crippen LogP contribution in [0.25, 0.3) is 0 Å². The van der Waals surface area contributed by atoms with Gasteiger partial charge in [0.2, 0.25) is 5.91 Å². The molecule has 1 aliphatic heterocycles. The highest BCUT2D eigenvalue weighted by Crippen LogP contribution is 2.30. The van der Waals surface area contributed by atoms with Gasteiger partial charge in [-0.05, 0) is 30.5 Å². The number of piperidine rings is 1. The van der Waals surface area contributed by atoms with Crippen molar-refractivity contribution in [3.8, 4) is 0 Å². The maximum absolute atomic E-state index is 12.4. The third kappa shape index (κ3) is 3.59. The smallest absolute Gasteiger partial charge is 0.227 e. The Kier molecular flexibility index (Phi) is 4.34. The van der Waals surface area contributed by atoms with Crippen molar-refractivity contribution in [2.75, 3.05) is 13.1 Å². The summed E-state index contributed by atoms with van der Waals surface area (Å²) in [7, 11) is 0. The fourth-order valence-corrected chi connectivity index (χ4v) is 2.91. The zero-order valence-electron chi connectivity index (χ0n) is 11.9. The molecule has 1 aromatic rings. The Morgan fingerprint density at radius 1 is 1.26 bits per heavy atom. The normalized spacial score (nSPS) is 20.4. The largest absolute Gasteiger partial charge is 0.342 e. The van der Waals surface area contributed by atoms with Crippen LogP contribution >= 0.6 is 15.9 Å². The van der Waals surface area contributed by atoms with Gasteiger partial charge in [0.05, 0.1) is 0 Å². The lowest BCUT2D eigenvalue weighted by atomic mass is 9.88. The summed E-state index contributed by atoms with van der Waals surface area (Å²) in [4.78, 5) is 14.4. The van der Waals surface area contributed by atoms with Crippen LogP contribution in [-0.2, 0) is 4.79 Å². The number of halogens is 1. The van der Waals surface area contributed by atoms with E-state index in [0.29, 0.717) is 5.92 Å². The third-order valence-electron chi connectivity index (χ3n) is 3.69. The van der Waals surface area contributed by atoms with E-state index in [1.165, 1.54) is 12.0 Å². The highest BCUT2D eigenvalue weighted by Gasteiger charge is 2.31. The number of carbonyl (C=O) groups is 1. The Balaban J connectivity index is 2.09. The van der Waals surface area contributed by atoms with E-state index in [4.69, 9.17) is 0 Å². The molecule has 0 saturated carbocycles. The number of nitrogens with zero attached hydrogens (tertiary/aromatic N) is 1. The number of likely N-dealkylation sites (tertiary alicyclic amines) is 1. The van der Waals surface area contributed by atoms with Crippen LogP contribution in [0.15, 0.2) is 28.7 Å². The molecule has 0 bridgehead atoms. The molecule has 0 aromatic heterocycles. The van der Waals surface area contributed by atoms with Crippen molar-refractivity contribution in [1.82, 2.24) is 4.90 Å². The first-order valence-corrected chi connectivity index (χ1v) is 7.72. The monoisotopic (exact) mass is 323 g/mol. The molecule has 1 atom stereocenters. The molecule has 0 spiro atoms. The molecule has 104 valence electrons. The maximum Gasteiger partial charge on any atom is 0.227 e. The van der Waals surface area contributed by atoms with Crippen molar-refractivity contribution < 1.29 is 4.79 Å². The standard InChI is InChI=1S/C16H22BrNO/c1-16(2,3)15(19)18-10-4-5-13(11-18)12-6-8-14(17)9-7-12/h6-9,13H,4-5,10-11H2,1-3H3. The minimum absolute atomic E-state index is 0.273. The van der Waals surface area contributed by atoms with Crippen molar-refractivity contribution in [2.45, 2.75) is 39.5 Å². The topological polar surface area (TPSA) is 20.3 Å². The molecule has 1 amide bonds. The van der Waals surface area contributed by atoms with Gasteiger partial charge in [-0.25, -0.2) is 0 Å². The number of amides is 1. The average Bonchev–Trinajstić information content (AvgIpc) is 2.38. The van der Waals surface area contributed by atoms with E-state index >= 15 is 0 Å². The van der Waals surface area contributed by atoms with E-state index in [9.17, 15) is 4.79 Å². The van der Waals surface area contributed by atoms with Crippen LogP contribution in [0.1, 0.15) is 45.1 Å². The maximum atomic E-state index is 12.4. The van der Waals surface area contributed by atoms with Gasteiger partial charge < -0.3 is 4.90 Å². The van der Waals surface area contributed by atoms with Gasteiger partial charge >= 0.3 is 0 Å². The fourth-order valence-electron chi connectivity index (χ4n) is 2.64. The molecule has 2 rings (SSSR count). The summed E-state index contributed by atoms with van der Waals surface area (Å²) in [5.41, 5.74) is 1.07. The predicted octanol–water partition coefficient (Wildman–Crippen LogP) is 4.20. The molecule has 0 N–H and O–H groups in total.